The van der Waals surface area contributed by atoms with E-state index in [1.54, 1.807) is 14.2 Å². The van der Waals surface area contributed by atoms with E-state index in [4.69, 9.17) is 14.2 Å². The molecule has 130 valence electrons. The third-order valence-electron chi connectivity index (χ3n) is 4.33. The van der Waals surface area contributed by atoms with Crippen molar-refractivity contribution in [3.05, 3.63) is 36.0 Å². The van der Waals surface area contributed by atoms with Crippen molar-refractivity contribution in [1.29, 1.82) is 0 Å². The van der Waals surface area contributed by atoms with E-state index in [9.17, 15) is 4.79 Å². The molecule has 1 aliphatic heterocycles. The molecule has 0 bridgehead atoms. The average molecular weight is 332 g/mol. The van der Waals surface area contributed by atoms with Crippen LogP contribution in [0.3, 0.4) is 0 Å². The van der Waals surface area contributed by atoms with Crippen molar-refractivity contribution in [2.45, 2.75) is 12.6 Å². The van der Waals surface area contributed by atoms with Crippen LogP contribution in [0.1, 0.15) is 10.4 Å². The van der Waals surface area contributed by atoms with E-state index in [1.165, 1.54) is 0 Å². The number of para-hydroxylation sites is 1. The van der Waals surface area contributed by atoms with Gasteiger partial charge in [-0.3, -0.25) is 4.79 Å². The molecule has 2 aromatic rings. The number of hydrogen-bond acceptors (Lipinski definition) is 4. The number of hydrogen-bond donors (Lipinski definition) is 0. The molecule has 0 spiro atoms. The van der Waals surface area contributed by atoms with Gasteiger partial charge in [0.15, 0.2) is 0 Å². The van der Waals surface area contributed by atoms with E-state index < -0.39 is 0 Å². The van der Waals surface area contributed by atoms with Gasteiger partial charge < -0.3 is 23.7 Å². The van der Waals surface area contributed by atoms with Crippen molar-refractivity contribution in [2.75, 3.05) is 47.1 Å². The Hall–Kier alpha value is -1.89. The summed E-state index contributed by atoms with van der Waals surface area (Å²) in [6, 6.07) is 7.99. The number of morpholine rings is 1. The van der Waals surface area contributed by atoms with Gasteiger partial charge >= 0.3 is 0 Å². The standard InChI is InChI=1S/C18H24N2O4/c1-22-9-7-19-12-16(15-5-3-4-6-17(15)19)18(21)20-8-10-24-14(11-20)13-23-2/h3-6,12,14H,7-11,13H2,1-2H3/t14-/m0/s1. The minimum atomic E-state index is -0.0606. The fourth-order valence-corrected chi connectivity index (χ4v) is 3.15. The van der Waals surface area contributed by atoms with E-state index in [1.807, 2.05) is 35.4 Å². The fourth-order valence-electron chi connectivity index (χ4n) is 3.15. The average Bonchev–Trinajstić information content (AvgIpc) is 2.99. The van der Waals surface area contributed by atoms with Crippen molar-refractivity contribution >= 4 is 16.8 Å². The molecule has 1 fully saturated rings. The zero-order valence-electron chi connectivity index (χ0n) is 14.2. The molecule has 0 aliphatic carbocycles. The number of rotatable bonds is 6. The predicted molar refractivity (Wildman–Crippen MR) is 91.3 cm³/mol. The summed E-state index contributed by atoms with van der Waals surface area (Å²) in [4.78, 5) is 14.9. The predicted octanol–water partition coefficient (Wildman–Crippen LogP) is 1.78. The second-order valence-electron chi connectivity index (χ2n) is 5.95. The lowest BCUT2D eigenvalue weighted by Gasteiger charge is -2.32. The summed E-state index contributed by atoms with van der Waals surface area (Å²) in [5.41, 5.74) is 1.79. The smallest absolute Gasteiger partial charge is 0.256 e. The number of methoxy groups -OCH3 is 2. The highest BCUT2D eigenvalue weighted by Crippen LogP contribution is 2.23. The highest BCUT2D eigenvalue weighted by molar-refractivity contribution is 6.07. The van der Waals surface area contributed by atoms with E-state index >= 15 is 0 Å². The number of fused-ring (bicyclic) bond motifs is 1. The SMILES string of the molecule is COCCn1cc(C(=O)N2CCO[C@H](COC)C2)c2ccccc21. The van der Waals surface area contributed by atoms with Gasteiger partial charge in [-0.1, -0.05) is 18.2 Å². The van der Waals surface area contributed by atoms with Gasteiger partial charge in [0.25, 0.3) is 5.91 Å². The van der Waals surface area contributed by atoms with Crippen LogP contribution in [0.2, 0.25) is 0 Å². The van der Waals surface area contributed by atoms with Crippen molar-refractivity contribution in [3.63, 3.8) is 0 Å². The van der Waals surface area contributed by atoms with E-state index in [2.05, 4.69) is 4.57 Å². The molecular formula is C18H24N2O4. The molecule has 1 aromatic heterocycles. The van der Waals surface area contributed by atoms with Gasteiger partial charge in [0, 0.05) is 51.0 Å². The molecule has 1 amide bonds. The summed E-state index contributed by atoms with van der Waals surface area (Å²) < 4.78 is 18.1. The lowest BCUT2D eigenvalue weighted by molar-refractivity contribution is -0.0530. The molecule has 3 rings (SSSR count). The first-order valence-corrected chi connectivity index (χ1v) is 8.21. The second-order valence-corrected chi connectivity index (χ2v) is 5.95. The number of ether oxygens (including phenoxy) is 3. The molecule has 1 aromatic carbocycles. The number of nitrogens with zero attached hydrogens (tertiary/aromatic N) is 2. The first kappa shape index (κ1) is 17.0. The van der Waals surface area contributed by atoms with Crippen molar-refractivity contribution in [1.82, 2.24) is 9.47 Å². The number of carbonyl (C=O) groups excluding carboxylic acids is 1. The quantitative estimate of drug-likeness (QED) is 0.809. The van der Waals surface area contributed by atoms with Gasteiger partial charge in [-0.05, 0) is 6.07 Å². The molecule has 0 radical (unpaired) electrons. The summed E-state index contributed by atoms with van der Waals surface area (Å²) >= 11 is 0. The number of benzene rings is 1. The number of aromatic nitrogens is 1. The van der Waals surface area contributed by atoms with Gasteiger partial charge in [-0.2, -0.15) is 0 Å². The van der Waals surface area contributed by atoms with E-state index in [0.717, 1.165) is 23.0 Å². The Kier molecular flexibility index (Phi) is 5.50. The molecule has 1 saturated heterocycles. The van der Waals surface area contributed by atoms with Crippen LogP contribution >= 0.6 is 0 Å². The molecule has 6 nitrogen and oxygen atoms in total. The van der Waals surface area contributed by atoms with Crippen molar-refractivity contribution < 1.29 is 19.0 Å². The van der Waals surface area contributed by atoms with Crippen LogP contribution in [-0.2, 0) is 20.8 Å². The number of amides is 1. The Morgan fingerprint density at radius 2 is 2.12 bits per heavy atom. The third-order valence-corrected chi connectivity index (χ3v) is 4.33. The Labute approximate surface area is 141 Å². The summed E-state index contributed by atoms with van der Waals surface area (Å²) in [6.45, 7) is 3.54. The van der Waals surface area contributed by atoms with Gasteiger partial charge in [-0.15, -0.1) is 0 Å². The van der Waals surface area contributed by atoms with E-state index in [0.29, 0.717) is 32.9 Å². The van der Waals surface area contributed by atoms with Crippen LogP contribution in [0.4, 0.5) is 0 Å². The summed E-state index contributed by atoms with van der Waals surface area (Å²) in [7, 11) is 3.33. The molecule has 1 atom stereocenters. The normalized spacial score (nSPS) is 18.2. The molecular weight excluding hydrogens is 308 g/mol. The minimum Gasteiger partial charge on any atom is -0.383 e. The van der Waals surface area contributed by atoms with Crippen LogP contribution in [0.25, 0.3) is 10.9 Å². The van der Waals surface area contributed by atoms with Gasteiger partial charge in [0.1, 0.15) is 0 Å². The largest absolute Gasteiger partial charge is 0.383 e. The van der Waals surface area contributed by atoms with Gasteiger partial charge in [0.05, 0.1) is 31.5 Å². The molecule has 0 N–H and O–H groups in total. The Morgan fingerprint density at radius 1 is 1.29 bits per heavy atom. The van der Waals surface area contributed by atoms with Gasteiger partial charge in [-0.25, -0.2) is 0 Å². The topological polar surface area (TPSA) is 52.9 Å². The first-order valence-electron chi connectivity index (χ1n) is 8.21. The highest BCUT2D eigenvalue weighted by atomic mass is 16.5. The third kappa shape index (κ3) is 3.45. The first-order chi connectivity index (χ1) is 11.7. The minimum absolute atomic E-state index is 0.0479. The maximum Gasteiger partial charge on any atom is 0.256 e. The Bertz CT molecular complexity index is 695. The van der Waals surface area contributed by atoms with Crippen molar-refractivity contribution in [3.8, 4) is 0 Å². The van der Waals surface area contributed by atoms with Crippen molar-refractivity contribution in [2.24, 2.45) is 0 Å². The highest BCUT2D eigenvalue weighted by Gasteiger charge is 2.27. The lowest BCUT2D eigenvalue weighted by Crippen LogP contribution is -2.47. The maximum atomic E-state index is 13.0. The molecule has 6 heteroatoms. The molecule has 0 unspecified atom stereocenters. The monoisotopic (exact) mass is 332 g/mol. The zero-order valence-corrected chi connectivity index (χ0v) is 14.2. The van der Waals surface area contributed by atoms with Gasteiger partial charge in [0.2, 0.25) is 0 Å². The summed E-state index contributed by atoms with van der Waals surface area (Å²) in [5.74, 6) is 0.0479. The Morgan fingerprint density at radius 3 is 2.92 bits per heavy atom. The van der Waals surface area contributed by atoms with Crippen LogP contribution in [0.5, 0.6) is 0 Å². The molecule has 0 saturated carbocycles. The van der Waals surface area contributed by atoms with Crippen LogP contribution in [0.15, 0.2) is 30.5 Å². The molecule has 1 aliphatic rings. The Balaban J connectivity index is 1.86. The second kappa shape index (κ2) is 7.79. The molecule has 2 heterocycles. The maximum absolute atomic E-state index is 13.0. The summed E-state index contributed by atoms with van der Waals surface area (Å²) in [6.07, 6.45) is 1.88. The number of carbonyl (C=O) groups is 1. The van der Waals surface area contributed by atoms with Crippen LogP contribution in [0, 0.1) is 0 Å². The van der Waals surface area contributed by atoms with E-state index in [-0.39, 0.29) is 12.0 Å². The zero-order chi connectivity index (χ0) is 16.9. The summed E-state index contributed by atoms with van der Waals surface area (Å²) in [5, 5.41) is 0.980. The lowest BCUT2D eigenvalue weighted by atomic mass is 10.1. The molecule has 24 heavy (non-hydrogen) atoms. The van der Waals surface area contributed by atoms with Crippen LogP contribution < -0.4 is 0 Å². The fraction of sp³-hybridized carbons (Fsp3) is 0.500. The van der Waals surface area contributed by atoms with Crippen LogP contribution in [-0.4, -0.2) is 68.6 Å².